The lowest BCUT2D eigenvalue weighted by atomic mass is 9.75. The summed E-state index contributed by atoms with van der Waals surface area (Å²) >= 11 is 0. The van der Waals surface area contributed by atoms with Crippen LogP contribution in [0.25, 0.3) is 0 Å². The van der Waals surface area contributed by atoms with Gasteiger partial charge in [0.1, 0.15) is 11.3 Å². The number of fused-ring (bicyclic) bond motifs is 4. The molecular formula is C15H14N4O. The van der Waals surface area contributed by atoms with E-state index in [1.54, 1.807) is 0 Å². The lowest BCUT2D eigenvalue weighted by Gasteiger charge is -2.32. The molecule has 0 aromatic carbocycles. The van der Waals surface area contributed by atoms with E-state index in [0.717, 1.165) is 19.3 Å². The molecule has 2 bridgehead atoms. The van der Waals surface area contributed by atoms with Crippen LogP contribution in [0.2, 0.25) is 0 Å². The average Bonchev–Trinajstić information content (AvgIpc) is 3.10. The molecule has 2 aliphatic heterocycles. The Balaban J connectivity index is 1.90. The summed E-state index contributed by atoms with van der Waals surface area (Å²) < 4.78 is 0. The molecule has 0 unspecified atom stereocenters. The Morgan fingerprint density at radius 1 is 1.40 bits per heavy atom. The van der Waals surface area contributed by atoms with Crippen LogP contribution in [0.15, 0.2) is 11.6 Å². The number of amides is 1. The second kappa shape index (κ2) is 3.49. The summed E-state index contributed by atoms with van der Waals surface area (Å²) in [5.41, 5.74) is 0.0931. The summed E-state index contributed by atoms with van der Waals surface area (Å²) in [5.74, 6) is -0.363. The topological polar surface area (TPSA) is 91.7 Å². The number of hydrogen-bond acceptors (Lipinski definition) is 4. The van der Waals surface area contributed by atoms with Crippen molar-refractivity contribution in [1.82, 2.24) is 4.90 Å². The molecule has 2 heterocycles. The van der Waals surface area contributed by atoms with Crippen molar-refractivity contribution >= 4 is 11.7 Å². The van der Waals surface area contributed by atoms with Crippen LogP contribution >= 0.6 is 0 Å². The Kier molecular flexibility index (Phi) is 2.04. The molecule has 3 fully saturated rings. The van der Waals surface area contributed by atoms with E-state index >= 15 is 0 Å². The second-order valence-corrected chi connectivity index (χ2v) is 6.24. The molecule has 100 valence electrons. The lowest BCUT2D eigenvalue weighted by Crippen LogP contribution is -2.44. The zero-order chi connectivity index (χ0) is 14.1. The van der Waals surface area contributed by atoms with E-state index in [-0.39, 0.29) is 17.8 Å². The first-order valence-corrected chi connectivity index (χ1v) is 7.08. The predicted molar refractivity (Wildman–Crippen MR) is 69.0 cm³/mol. The Bertz CT molecular complexity index is 652. The zero-order valence-corrected chi connectivity index (χ0v) is 11.0. The van der Waals surface area contributed by atoms with E-state index in [0.29, 0.717) is 18.3 Å². The summed E-state index contributed by atoms with van der Waals surface area (Å²) in [6, 6.07) is 4.11. The summed E-state index contributed by atoms with van der Waals surface area (Å²) in [4.78, 5) is 14.0. The van der Waals surface area contributed by atoms with Crippen molar-refractivity contribution < 1.29 is 4.79 Å². The summed E-state index contributed by atoms with van der Waals surface area (Å²) in [6.07, 6.45) is 5.47. The first-order valence-electron chi connectivity index (χ1n) is 7.08. The summed E-state index contributed by atoms with van der Waals surface area (Å²) in [5, 5.41) is 27.2. The highest BCUT2D eigenvalue weighted by Crippen LogP contribution is 2.60. The number of hydrogen-bond donors (Lipinski definition) is 1. The zero-order valence-electron chi connectivity index (χ0n) is 11.0. The minimum absolute atomic E-state index is 0.00590. The highest BCUT2D eigenvalue weighted by Gasteiger charge is 2.64. The Labute approximate surface area is 117 Å². The number of nitriles is 2. The van der Waals surface area contributed by atoms with Crippen molar-refractivity contribution in [3.63, 3.8) is 0 Å². The Morgan fingerprint density at radius 2 is 2.20 bits per heavy atom. The molecule has 1 N–H and O–H groups in total. The smallest absolute Gasteiger partial charge is 0.247 e. The van der Waals surface area contributed by atoms with Gasteiger partial charge in [-0.05, 0) is 25.2 Å². The van der Waals surface area contributed by atoms with Gasteiger partial charge in [-0.2, -0.15) is 10.5 Å². The maximum Gasteiger partial charge on any atom is 0.247 e. The quantitative estimate of drug-likeness (QED) is 0.675. The Morgan fingerprint density at radius 3 is 2.90 bits per heavy atom. The van der Waals surface area contributed by atoms with Crippen LogP contribution in [-0.4, -0.2) is 22.7 Å². The maximum atomic E-state index is 12.6. The third-order valence-electron chi connectivity index (χ3n) is 5.53. The molecule has 20 heavy (non-hydrogen) atoms. The number of nitrogens with zero attached hydrogens (tertiary/aromatic N) is 3. The van der Waals surface area contributed by atoms with Gasteiger partial charge in [-0.3, -0.25) is 15.1 Å². The molecule has 4 aliphatic rings. The van der Waals surface area contributed by atoms with Gasteiger partial charge in [0.05, 0.1) is 12.1 Å². The van der Waals surface area contributed by atoms with Gasteiger partial charge in [0.15, 0.2) is 5.92 Å². The number of allylic oxidation sites excluding steroid dienone is 1. The van der Waals surface area contributed by atoms with Crippen molar-refractivity contribution in [2.75, 3.05) is 0 Å². The van der Waals surface area contributed by atoms with Gasteiger partial charge in [-0.25, -0.2) is 0 Å². The van der Waals surface area contributed by atoms with E-state index in [1.807, 2.05) is 12.1 Å². The second-order valence-electron chi connectivity index (χ2n) is 6.24. The molecule has 0 spiro atoms. The van der Waals surface area contributed by atoms with E-state index < -0.39 is 11.3 Å². The summed E-state index contributed by atoms with van der Waals surface area (Å²) in [6.45, 7) is 0. The predicted octanol–water partition coefficient (Wildman–Crippen LogP) is 1.58. The first-order chi connectivity index (χ1) is 9.65. The van der Waals surface area contributed by atoms with Crippen LogP contribution in [0.4, 0.5) is 0 Å². The number of carbonyl (C=O) groups is 1. The normalized spacial score (nSPS) is 47.3. The minimum Gasteiger partial charge on any atom is -0.294 e. The van der Waals surface area contributed by atoms with E-state index in [2.05, 4.69) is 6.07 Å². The molecule has 0 radical (unpaired) electrons. The highest BCUT2D eigenvalue weighted by molar-refractivity contribution is 6.12. The standard InChI is InChI=1S/C15H14N4O/c16-6-10-13(20)19-11-3-1-2-8-9(12(8)11)4-5-15(10,7-17)14(19)18/h4,8,10-12,18H,1-3,5H2/b9-4-,18-14?/t8-,10-,11-,12-,15-/m1/s1. The van der Waals surface area contributed by atoms with E-state index in [1.165, 1.54) is 10.5 Å². The van der Waals surface area contributed by atoms with Crippen LogP contribution < -0.4 is 0 Å². The Hall–Kier alpha value is -2.14. The molecule has 4 rings (SSSR count). The van der Waals surface area contributed by atoms with Crippen molar-refractivity contribution in [2.24, 2.45) is 23.2 Å². The van der Waals surface area contributed by atoms with Crippen molar-refractivity contribution in [3.8, 4) is 12.1 Å². The fourth-order valence-electron chi connectivity index (χ4n) is 4.47. The molecule has 5 atom stereocenters. The number of amidine groups is 1. The van der Waals surface area contributed by atoms with Gasteiger partial charge in [-0.1, -0.05) is 18.1 Å². The largest absolute Gasteiger partial charge is 0.294 e. The van der Waals surface area contributed by atoms with Crippen LogP contribution in [-0.2, 0) is 4.79 Å². The fraction of sp³-hybridized carbons (Fsp3) is 0.600. The third-order valence-corrected chi connectivity index (χ3v) is 5.53. The van der Waals surface area contributed by atoms with Gasteiger partial charge in [-0.15, -0.1) is 0 Å². The van der Waals surface area contributed by atoms with Gasteiger partial charge in [0.25, 0.3) is 0 Å². The van der Waals surface area contributed by atoms with Crippen LogP contribution in [0.1, 0.15) is 25.7 Å². The minimum atomic E-state index is -1.26. The highest BCUT2D eigenvalue weighted by atomic mass is 16.2. The number of rotatable bonds is 0. The molecule has 0 aromatic heterocycles. The van der Waals surface area contributed by atoms with Crippen LogP contribution in [0.3, 0.4) is 0 Å². The van der Waals surface area contributed by atoms with Gasteiger partial charge in [0, 0.05) is 12.0 Å². The van der Waals surface area contributed by atoms with E-state index in [4.69, 9.17) is 5.41 Å². The number of carbonyl (C=O) groups excluding carboxylic acids is 1. The fourth-order valence-corrected chi connectivity index (χ4v) is 4.47. The molecule has 5 nitrogen and oxygen atoms in total. The monoisotopic (exact) mass is 266 g/mol. The lowest BCUT2D eigenvalue weighted by molar-refractivity contribution is -0.130. The van der Waals surface area contributed by atoms with Crippen molar-refractivity contribution in [3.05, 3.63) is 11.6 Å². The van der Waals surface area contributed by atoms with E-state index in [9.17, 15) is 15.3 Å². The SMILES string of the molecule is N#C[C@@H]1C(=O)N2C(=N)[C@@]1(C#N)C/C=C1\[C@H]3[C@@H]1CCC[C@H]32. The van der Waals surface area contributed by atoms with Crippen molar-refractivity contribution in [1.29, 1.82) is 15.9 Å². The molecule has 0 aromatic rings. The average molecular weight is 266 g/mol. The molecule has 5 heteroatoms. The molecular weight excluding hydrogens is 252 g/mol. The third kappa shape index (κ3) is 1.08. The van der Waals surface area contributed by atoms with Crippen LogP contribution in [0.5, 0.6) is 0 Å². The van der Waals surface area contributed by atoms with Gasteiger partial charge >= 0.3 is 0 Å². The molecule has 2 aliphatic carbocycles. The number of nitrogens with one attached hydrogen (secondary N) is 1. The van der Waals surface area contributed by atoms with Gasteiger partial charge in [0.2, 0.25) is 5.91 Å². The summed E-state index contributed by atoms with van der Waals surface area (Å²) in [7, 11) is 0. The van der Waals surface area contributed by atoms with Gasteiger partial charge < -0.3 is 0 Å². The molecule has 1 amide bonds. The molecule has 1 saturated heterocycles. The maximum absolute atomic E-state index is 12.6. The van der Waals surface area contributed by atoms with Crippen molar-refractivity contribution in [2.45, 2.75) is 31.7 Å². The van der Waals surface area contributed by atoms with Crippen LogP contribution in [0, 0.1) is 51.2 Å². The first kappa shape index (κ1) is 11.7. The molecule has 2 saturated carbocycles.